The Morgan fingerprint density at radius 3 is 2.22 bits per heavy atom. The van der Waals surface area contributed by atoms with Gasteiger partial charge in [-0.3, -0.25) is 0 Å². The van der Waals surface area contributed by atoms with Gasteiger partial charge in [0.25, 0.3) is 0 Å². The van der Waals surface area contributed by atoms with Gasteiger partial charge >= 0.3 is 0 Å². The lowest BCUT2D eigenvalue weighted by molar-refractivity contribution is 0.0682. The Labute approximate surface area is 220 Å². The quantitative estimate of drug-likeness (QED) is 0.321. The van der Waals surface area contributed by atoms with E-state index in [4.69, 9.17) is 24.0 Å². The van der Waals surface area contributed by atoms with Crippen molar-refractivity contribution in [1.82, 2.24) is 9.61 Å². The second-order valence-corrected chi connectivity index (χ2v) is 10.4. The van der Waals surface area contributed by atoms with Crippen molar-refractivity contribution in [2.45, 2.75) is 52.1 Å². The molecule has 1 saturated carbocycles. The molecular formula is C30H41N3O4. The number of pyridine rings is 1. The lowest BCUT2D eigenvalue weighted by Gasteiger charge is -2.31. The third-order valence-electron chi connectivity index (χ3n) is 7.95. The smallest absolute Gasteiger partial charge is 0.132 e. The number of benzene rings is 1. The Morgan fingerprint density at radius 1 is 1.00 bits per heavy atom. The van der Waals surface area contributed by atoms with Gasteiger partial charge in [-0.15, -0.1) is 0 Å². The summed E-state index contributed by atoms with van der Waals surface area (Å²) in [6.45, 7) is 8.14. The predicted molar refractivity (Wildman–Crippen MR) is 147 cm³/mol. The van der Waals surface area contributed by atoms with Gasteiger partial charge in [-0.05, 0) is 80.7 Å². The molecule has 2 aliphatic rings. The van der Waals surface area contributed by atoms with Crippen LogP contribution in [-0.4, -0.2) is 57.2 Å². The summed E-state index contributed by atoms with van der Waals surface area (Å²) in [6, 6.07) is 10.5. The molecule has 1 saturated heterocycles. The van der Waals surface area contributed by atoms with Crippen LogP contribution in [0.15, 0.2) is 30.3 Å². The number of anilines is 1. The average molecular weight is 508 g/mol. The van der Waals surface area contributed by atoms with Crippen LogP contribution in [-0.2, 0) is 15.9 Å². The molecule has 5 rings (SSSR count). The zero-order chi connectivity index (χ0) is 25.9. The number of aryl methyl sites for hydroxylation is 1. The monoisotopic (exact) mass is 507 g/mol. The molecule has 3 aromatic rings. The average Bonchev–Trinajstić information content (AvgIpc) is 3.68. The Kier molecular flexibility index (Phi) is 7.91. The summed E-state index contributed by atoms with van der Waals surface area (Å²) < 4.78 is 25.1. The van der Waals surface area contributed by atoms with Crippen molar-refractivity contribution in [3.8, 4) is 22.8 Å². The fourth-order valence-corrected chi connectivity index (χ4v) is 5.54. The summed E-state index contributed by atoms with van der Waals surface area (Å²) in [5.41, 5.74) is 6.43. The second kappa shape index (κ2) is 11.3. The van der Waals surface area contributed by atoms with Crippen LogP contribution in [0.1, 0.15) is 56.9 Å². The minimum Gasteiger partial charge on any atom is -0.496 e. The zero-order valence-corrected chi connectivity index (χ0v) is 23.0. The standard InChI is InChI=1S/C30H41N3O4/c1-6-24-30(32(18-21-10-11-21)19-22-12-14-37-15-13-22)26-9-7-8-25(33(26)31-24)29-27(35-4)16-23(20(2)34-3)17-28(29)36-5/h7-9,16-17,20-22H,6,10-15,18-19H2,1-5H3. The van der Waals surface area contributed by atoms with Gasteiger partial charge in [0.15, 0.2) is 0 Å². The number of hydrogen-bond donors (Lipinski definition) is 0. The van der Waals surface area contributed by atoms with Crippen molar-refractivity contribution in [2.24, 2.45) is 11.8 Å². The third-order valence-corrected chi connectivity index (χ3v) is 7.95. The third kappa shape index (κ3) is 5.30. The summed E-state index contributed by atoms with van der Waals surface area (Å²) in [4.78, 5) is 2.64. The van der Waals surface area contributed by atoms with Crippen molar-refractivity contribution in [2.75, 3.05) is 52.5 Å². The van der Waals surface area contributed by atoms with Gasteiger partial charge in [0.05, 0.1) is 48.5 Å². The van der Waals surface area contributed by atoms with Crippen LogP contribution in [0.2, 0.25) is 0 Å². The Balaban J connectivity index is 1.63. The van der Waals surface area contributed by atoms with Crippen molar-refractivity contribution in [3.05, 3.63) is 41.6 Å². The maximum atomic E-state index is 5.90. The molecule has 1 aromatic carbocycles. The van der Waals surface area contributed by atoms with E-state index in [-0.39, 0.29) is 6.10 Å². The molecule has 2 fully saturated rings. The molecule has 0 spiro atoms. The minimum atomic E-state index is -0.0724. The van der Waals surface area contributed by atoms with Crippen LogP contribution in [0, 0.1) is 11.8 Å². The summed E-state index contributed by atoms with van der Waals surface area (Å²) in [6.07, 6.45) is 5.73. The number of nitrogens with zero attached hydrogens (tertiary/aromatic N) is 3. The zero-order valence-electron chi connectivity index (χ0n) is 23.0. The highest BCUT2D eigenvalue weighted by Crippen LogP contribution is 2.43. The molecule has 0 radical (unpaired) electrons. The first-order valence-electron chi connectivity index (χ1n) is 13.7. The summed E-state index contributed by atoms with van der Waals surface area (Å²) >= 11 is 0. The number of rotatable bonds is 11. The van der Waals surface area contributed by atoms with Crippen LogP contribution in [0.3, 0.4) is 0 Å². The van der Waals surface area contributed by atoms with E-state index in [2.05, 4.69) is 34.5 Å². The van der Waals surface area contributed by atoms with Crippen molar-refractivity contribution < 1.29 is 18.9 Å². The fourth-order valence-electron chi connectivity index (χ4n) is 5.54. The van der Waals surface area contributed by atoms with Gasteiger partial charge in [0, 0.05) is 33.4 Å². The van der Waals surface area contributed by atoms with Crippen LogP contribution >= 0.6 is 0 Å². The number of fused-ring (bicyclic) bond motifs is 1. The highest BCUT2D eigenvalue weighted by molar-refractivity contribution is 5.82. The molecule has 37 heavy (non-hydrogen) atoms. The van der Waals surface area contributed by atoms with Crippen LogP contribution in [0.4, 0.5) is 5.69 Å². The summed E-state index contributed by atoms with van der Waals surface area (Å²) in [5.74, 6) is 2.94. The van der Waals surface area contributed by atoms with Gasteiger partial charge in [-0.25, -0.2) is 4.52 Å². The van der Waals surface area contributed by atoms with Gasteiger partial charge in [0.2, 0.25) is 0 Å². The molecule has 0 N–H and O–H groups in total. The van der Waals surface area contributed by atoms with Crippen molar-refractivity contribution >= 4 is 11.2 Å². The number of hydrogen-bond acceptors (Lipinski definition) is 6. The lowest BCUT2D eigenvalue weighted by atomic mass is 9.99. The summed E-state index contributed by atoms with van der Waals surface area (Å²) in [7, 11) is 5.12. The van der Waals surface area contributed by atoms with E-state index in [0.29, 0.717) is 5.92 Å². The number of methoxy groups -OCH3 is 3. The molecule has 3 heterocycles. The van der Waals surface area contributed by atoms with E-state index in [9.17, 15) is 0 Å². The lowest BCUT2D eigenvalue weighted by Crippen LogP contribution is -2.34. The molecule has 1 aliphatic carbocycles. The maximum Gasteiger partial charge on any atom is 0.132 e. The molecule has 2 aromatic heterocycles. The van der Waals surface area contributed by atoms with E-state index >= 15 is 0 Å². The normalized spacial score (nSPS) is 17.2. The second-order valence-electron chi connectivity index (χ2n) is 10.4. The van der Waals surface area contributed by atoms with Crippen LogP contribution < -0.4 is 14.4 Å². The molecule has 200 valence electrons. The molecule has 7 heteroatoms. The largest absolute Gasteiger partial charge is 0.496 e. The van der Waals surface area contributed by atoms with E-state index in [1.54, 1.807) is 21.3 Å². The maximum absolute atomic E-state index is 5.90. The molecule has 0 amide bonds. The number of ether oxygens (including phenoxy) is 4. The highest BCUT2D eigenvalue weighted by Gasteiger charge is 2.30. The fraction of sp³-hybridized carbons (Fsp3) is 0.567. The Bertz CT molecular complexity index is 1190. The van der Waals surface area contributed by atoms with Crippen LogP contribution in [0.25, 0.3) is 16.8 Å². The Hall–Kier alpha value is -2.77. The van der Waals surface area contributed by atoms with E-state index in [1.807, 2.05) is 19.1 Å². The molecule has 1 aliphatic heterocycles. The van der Waals surface area contributed by atoms with Crippen molar-refractivity contribution in [3.63, 3.8) is 0 Å². The molecule has 1 unspecified atom stereocenters. The first-order chi connectivity index (χ1) is 18.1. The SMILES string of the molecule is CCc1nn2c(-c3c(OC)cc(C(C)OC)cc3OC)cccc2c1N(CC1CCOCC1)CC1CC1. The van der Waals surface area contributed by atoms with Gasteiger partial charge < -0.3 is 23.8 Å². The van der Waals surface area contributed by atoms with Gasteiger partial charge in [-0.1, -0.05) is 13.0 Å². The van der Waals surface area contributed by atoms with Gasteiger partial charge in [0.1, 0.15) is 11.5 Å². The van der Waals surface area contributed by atoms with Crippen LogP contribution in [0.5, 0.6) is 11.5 Å². The van der Waals surface area contributed by atoms with E-state index in [0.717, 1.165) is 91.0 Å². The van der Waals surface area contributed by atoms with Gasteiger partial charge in [-0.2, -0.15) is 5.10 Å². The van der Waals surface area contributed by atoms with E-state index < -0.39 is 0 Å². The highest BCUT2D eigenvalue weighted by atomic mass is 16.5. The Morgan fingerprint density at radius 2 is 1.65 bits per heavy atom. The molecule has 1 atom stereocenters. The van der Waals surface area contributed by atoms with Crippen molar-refractivity contribution in [1.29, 1.82) is 0 Å². The minimum absolute atomic E-state index is 0.0724. The summed E-state index contributed by atoms with van der Waals surface area (Å²) in [5, 5.41) is 5.19. The predicted octanol–water partition coefficient (Wildman–Crippen LogP) is 5.93. The van der Waals surface area contributed by atoms with E-state index in [1.165, 1.54) is 18.5 Å². The first kappa shape index (κ1) is 25.9. The molecule has 0 bridgehead atoms. The number of aromatic nitrogens is 2. The first-order valence-corrected chi connectivity index (χ1v) is 13.7. The molecular weight excluding hydrogens is 466 g/mol. The topological polar surface area (TPSA) is 57.5 Å². The molecule has 7 nitrogen and oxygen atoms in total.